The van der Waals surface area contributed by atoms with Crippen LogP contribution in [0.25, 0.3) is 0 Å². The van der Waals surface area contributed by atoms with E-state index in [4.69, 9.17) is 22.1 Å². The Morgan fingerprint density at radius 2 is 2.23 bits per heavy atom. The molecule has 72 valence electrons. The molecule has 1 aromatic rings. The molecule has 0 aliphatic carbocycles. The Balaban J connectivity index is 0.000000845. The summed E-state index contributed by atoms with van der Waals surface area (Å²) >= 11 is 5.83. The minimum atomic E-state index is 0. The molecule has 0 aromatic heterocycles. The van der Waals surface area contributed by atoms with Crippen molar-refractivity contribution in [2.45, 2.75) is 12.5 Å². The molecule has 1 heterocycles. The maximum Gasteiger partial charge on any atom is 0.124 e. The van der Waals surface area contributed by atoms with Crippen LogP contribution in [0.1, 0.15) is 18.0 Å². The van der Waals surface area contributed by atoms with E-state index in [9.17, 15) is 0 Å². The van der Waals surface area contributed by atoms with Gasteiger partial charge in [-0.25, -0.2) is 0 Å². The van der Waals surface area contributed by atoms with E-state index < -0.39 is 0 Å². The van der Waals surface area contributed by atoms with Gasteiger partial charge in [0.1, 0.15) is 5.75 Å². The molecule has 0 saturated carbocycles. The first-order valence-electron chi connectivity index (χ1n) is 3.95. The summed E-state index contributed by atoms with van der Waals surface area (Å²) in [7, 11) is 0. The van der Waals surface area contributed by atoms with Crippen LogP contribution in [-0.2, 0) is 0 Å². The fourth-order valence-electron chi connectivity index (χ4n) is 1.39. The van der Waals surface area contributed by atoms with Gasteiger partial charge in [-0.3, -0.25) is 0 Å². The molecule has 2 rings (SSSR count). The summed E-state index contributed by atoms with van der Waals surface area (Å²) in [5.41, 5.74) is 6.90. The zero-order valence-electron chi connectivity index (χ0n) is 7.00. The third-order valence-corrected chi connectivity index (χ3v) is 2.29. The van der Waals surface area contributed by atoms with E-state index in [0.29, 0.717) is 6.61 Å². The van der Waals surface area contributed by atoms with E-state index >= 15 is 0 Å². The lowest BCUT2D eigenvalue weighted by molar-refractivity contribution is 0.269. The smallest absolute Gasteiger partial charge is 0.124 e. The Hall–Kier alpha value is -0.440. The molecule has 1 aromatic carbocycles. The Morgan fingerprint density at radius 1 is 1.46 bits per heavy atom. The van der Waals surface area contributed by atoms with Gasteiger partial charge in [0.05, 0.1) is 6.61 Å². The van der Waals surface area contributed by atoms with Crippen LogP contribution in [0.3, 0.4) is 0 Å². The Labute approximate surface area is 88.4 Å². The first-order valence-corrected chi connectivity index (χ1v) is 4.33. The van der Waals surface area contributed by atoms with E-state index in [-0.39, 0.29) is 18.4 Å². The summed E-state index contributed by atoms with van der Waals surface area (Å²) in [6.07, 6.45) is 0.868. The van der Waals surface area contributed by atoms with Crippen molar-refractivity contribution in [3.05, 3.63) is 28.8 Å². The molecule has 2 N–H and O–H groups in total. The highest BCUT2D eigenvalue weighted by Gasteiger charge is 2.17. The van der Waals surface area contributed by atoms with E-state index in [2.05, 4.69) is 0 Å². The van der Waals surface area contributed by atoms with Gasteiger partial charge < -0.3 is 10.5 Å². The molecule has 1 aliphatic heterocycles. The van der Waals surface area contributed by atoms with E-state index in [1.165, 1.54) is 0 Å². The lowest BCUT2D eigenvalue weighted by Crippen LogP contribution is -2.20. The van der Waals surface area contributed by atoms with Crippen LogP contribution >= 0.6 is 24.0 Å². The summed E-state index contributed by atoms with van der Waals surface area (Å²) in [4.78, 5) is 0. The molecule has 0 spiro atoms. The molecule has 0 radical (unpaired) electrons. The molecule has 13 heavy (non-hydrogen) atoms. The maximum absolute atomic E-state index is 5.88. The number of benzene rings is 1. The summed E-state index contributed by atoms with van der Waals surface area (Å²) < 4.78 is 5.41. The van der Waals surface area contributed by atoms with Crippen molar-refractivity contribution >= 4 is 24.0 Å². The fraction of sp³-hybridized carbons (Fsp3) is 0.333. The number of fused-ring (bicyclic) bond motifs is 1. The maximum atomic E-state index is 5.88. The SMILES string of the molecule is Cl.N[C@H]1CCOc2ccc(Cl)cc21. The van der Waals surface area contributed by atoms with Crippen molar-refractivity contribution in [3.63, 3.8) is 0 Å². The van der Waals surface area contributed by atoms with Gasteiger partial charge >= 0.3 is 0 Å². The number of rotatable bonds is 0. The zero-order chi connectivity index (χ0) is 8.55. The number of hydrogen-bond donors (Lipinski definition) is 1. The molecular weight excluding hydrogens is 209 g/mol. The van der Waals surface area contributed by atoms with Gasteiger partial charge in [0.25, 0.3) is 0 Å². The van der Waals surface area contributed by atoms with Crippen LogP contribution in [0, 0.1) is 0 Å². The Morgan fingerprint density at radius 3 is 3.00 bits per heavy atom. The Kier molecular flexibility index (Phi) is 3.42. The fourth-order valence-corrected chi connectivity index (χ4v) is 1.57. The Bertz CT molecular complexity index is 304. The van der Waals surface area contributed by atoms with Crippen molar-refractivity contribution in [1.82, 2.24) is 0 Å². The number of nitrogens with two attached hydrogens (primary N) is 1. The monoisotopic (exact) mass is 219 g/mol. The van der Waals surface area contributed by atoms with Crippen molar-refractivity contribution in [1.29, 1.82) is 0 Å². The predicted molar refractivity (Wildman–Crippen MR) is 55.7 cm³/mol. The first kappa shape index (κ1) is 10.6. The molecule has 4 heteroatoms. The van der Waals surface area contributed by atoms with E-state index in [0.717, 1.165) is 22.8 Å². The molecule has 0 unspecified atom stereocenters. The second kappa shape index (κ2) is 4.18. The van der Waals surface area contributed by atoms with Crippen molar-refractivity contribution < 1.29 is 4.74 Å². The molecule has 2 nitrogen and oxygen atoms in total. The van der Waals surface area contributed by atoms with Crippen molar-refractivity contribution in [2.24, 2.45) is 5.73 Å². The highest BCUT2D eigenvalue weighted by molar-refractivity contribution is 6.30. The second-order valence-corrected chi connectivity index (χ2v) is 3.36. The van der Waals surface area contributed by atoms with Gasteiger partial charge in [-0.2, -0.15) is 0 Å². The van der Waals surface area contributed by atoms with Crippen molar-refractivity contribution in [3.8, 4) is 5.75 Å². The van der Waals surface area contributed by atoms with Gasteiger partial charge in [-0.05, 0) is 18.2 Å². The topological polar surface area (TPSA) is 35.2 Å². The third kappa shape index (κ3) is 2.08. The second-order valence-electron chi connectivity index (χ2n) is 2.93. The molecule has 1 atom stereocenters. The van der Waals surface area contributed by atoms with Gasteiger partial charge in [0.15, 0.2) is 0 Å². The number of halogens is 2. The largest absolute Gasteiger partial charge is 0.493 e. The molecular formula is C9H11Cl2NO. The van der Waals surface area contributed by atoms with Gasteiger partial charge in [0, 0.05) is 23.0 Å². The molecule has 0 saturated heterocycles. The van der Waals surface area contributed by atoms with E-state index in [1.807, 2.05) is 18.2 Å². The van der Waals surface area contributed by atoms with Crippen LogP contribution in [0.4, 0.5) is 0 Å². The number of hydrogen-bond acceptors (Lipinski definition) is 2. The summed E-state index contributed by atoms with van der Waals surface area (Å²) in [6, 6.07) is 5.64. The normalized spacial score (nSPS) is 19.7. The van der Waals surface area contributed by atoms with Crippen LogP contribution in [-0.4, -0.2) is 6.61 Å². The van der Waals surface area contributed by atoms with Crippen LogP contribution in [0.5, 0.6) is 5.75 Å². The van der Waals surface area contributed by atoms with Crippen LogP contribution < -0.4 is 10.5 Å². The average molecular weight is 220 g/mol. The quantitative estimate of drug-likeness (QED) is 0.729. The minimum absolute atomic E-state index is 0. The first-order chi connectivity index (χ1) is 5.77. The van der Waals surface area contributed by atoms with Gasteiger partial charge in [0.2, 0.25) is 0 Å². The van der Waals surface area contributed by atoms with Gasteiger partial charge in [-0.15, -0.1) is 12.4 Å². The summed E-state index contributed by atoms with van der Waals surface area (Å²) in [5, 5.41) is 0.717. The predicted octanol–water partition coefficient (Wildman–Crippen LogP) is 2.54. The van der Waals surface area contributed by atoms with Crippen molar-refractivity contribution in [2.75, 3.05) is 6.61 Å². The van der Waals surface area contributed by atoms with Gasteiger partial charge in [-0.1, -0.05) is 11.6 Å². The number of ether oxygens (including phenoxy) is 1. The molecule has 0 fully saturated rings. The molecule has 0 bridgehead atoms. The third-order valence-electron chi connectivity index (χ3n) is 2.06. The lowest BCUT2D eigenvalue weighted by Gasteiger charge is -2.22. The standard InChI is InChI=1S/C9H10ClNO.ClH/c10-6-1-2-9-7(5-6)8(11)3-4-12-9;/h1-2,5,8H,3-4,11H2;1H/t8-;/m0./s1. The highest BCUT2D eigenvalue weighted by Crippen LogP contribution is 2.32. The molecule has 1 aliphatic rings. The van der Waals surface area contributed by atoms with Crippen LogP contribution in [0.15, 0.2) is 18.2 Å². The zero-order valence-corrected chi connectivity index (χ0v) is 8.57. The molecule has 0 amide bonds. The lowest BCUT2D eigenvalue weighted by atomic mass is 10.0. The van der Waals surface area contributed by atoms with Crippen LogP contribution in [0.2, 0.25) is 5.02 Å². The highest BCUT2D eigenvalue weighted by atomic mass is 35.5. The summed E-state index contributed by atoms with van der Waals surface area (Å²) in [6.45, 7) is 0.704. The minimum Gasteiger partial charge on any atom is -0.493 e. The van der Waals surface area contributed by atoms with E-state index in [1.54, 1.807) is 0 Å². The average Bonchev–Trinajstić information content (AvgIpc) is 2.07. The summed E-state index contributed by atoms with van der Waals surface area (Å²) in [5.74, 6) is 0.873.